The largest absolute Gasteiger partial charge is 0.435 e. The van der Waals surface area contributed by atoms with Crippen molar-refractivity contribution in [3.63, 3.8) is 0 Å². The van der Waals surface area contributed by atoms with E-state index in [1.807, 2.05) is 0 Å². The molecule has 2 atom stereocenters. The van der Waals surface area contributed by atoms with E-state index in [4.69, 9.17) is 28.0 Å². The van der Waals surface area contributed by atoms with E-state index in [0.717, 1.165) is 12.1 Å². The third kappa shape index (κ3) is 5.06. The number of hydrogen-bond donors (Lipinski definition) is 0. The summed E-state index contributed by atoms with van der Waals surface area (Å²) in [5, 5.41) is 2.48. The van der Waals surface area contributed by atoms with Crippen LogP contribution in [0.3, 0.4) is 0 Å². The van der Waals surface area contributed by atoms with Gasteiger partial charge in [0.25, 0.3) is 11.5 Å². The number of benzene rings is 2. The van der Waals surface area contributed by atoms with Crippen LogP contribution in [-0.4, -0.2) is 33.0 Å². The van der Waals surface area contributed by atoms with Crippen LogP contribution in [0.5, 0.6) is 0 Å². The molecule has 1 amide bonds. The minimum absolute atomic E-state index is 0.0492. The molecule has 0 saturated carbocycles. The monoisotopic (exact) mass is 552 g/mol. The number of halogens is 6. The third-order valence-corrected chi connectivity index (χ3v) is 9.16. The average molecular weight is 553 g/mol. The van der Waals surface area contributed by atoms with E-state index in [-0.39, 0.29) is 16.8 Å². The van der Waals surface area contributed by atoms with E-state index in [1.54, 1.807) is 27.7 Å². The van der Waals surface area contributed by atoms with Crippen LogP contribution in [0.15, 0.2) is 39.9 Å². The Hall–Kier alpha value is -2.17. The average Bonchev–Trinajstić information content (AvgIpc) is 3.17. The van der Waals surface area contributed by atoms with Crippen molar-refractivity contribution in [2.24, 2.45) is 9.52 Å². The van der Waals surface area contributed by atoms with Crippen molar-refractivity contribution in [1.29, 1.82) is 0 Å². The number of alkyl halides is 3. The Morgan fingerprint density at radius 1 is 1.14 bits per heavy atom. The van der Waals surface area contributed by atoms with Crippen LogP contribution < -0.4 is 0 Å². The van der Waals surface area contributed by atoms with Crippen molar-refractivity contribution in [1.82, 2.24) is 0 Å². The molecule has 2 aromatic rings. The van der Waals surface area contributed by atoms with Gasteiger partial charge in [-0.15, -0.1) is 0 Å². The first-order chi connectivity index (χ1) is 15.9. The minimum Gasteiger partial charge on any atom is -0.374 e. The molecular formula is C23H22Cl2F4N2O3S. The number of hydrogen-bond acceptors (Lipinski definition) is 4. The highest BCUT2D eigenvalue weighted by atomic mass is 35.5. The molecule has 1 aliphatic rings. The van der Waals surface area contributed by atoms with Crippen LogP contribution >= 0.6 is 23.2 Å². The number of amides is 1. The van der Waals surface area contributed by atoms with Gasteiger partial charge in [0.15, 0.2) is 5.82 Å². The standard InChI is InChI=1S/C23H22Cl2F4N2O3S/c1-12-8-13(6-7-15(12)20(32)31-35(5,33)21(2,3)4)18-11-22(34-30-18,23(27,28)29)14-9-16(24)19(26)17(25)10-14/h6-10H,11H2,1-5H3. The van der Waals surface area contributed by atoms with E-state index < -0.39 is 60.0 Å². The van der Waals surface area contributed by atoms with Gasteiger partial charge in [0.05, 0.1) is 25.5 Å². The van der Waals surface area contributed by atoms with Crippen molar-refractivity contribution in [3.05, 3.63) is 68.4 Å². The smallest absolute Gasteiger partial charge is 0.374 e. The predicted molar refractivity (Wildman–Crippen MR) is 128 cm³/mol. The highest BCUT2D eigenvalue weighted by Gasteiger charge is 2.62. The Morgan fingerprint density at radius 3 is 2.20 bits per heavy atom. The molecule has 2 unspecified atom stereocenters. The Morgan fingerprint density at radius 2 is 1.71 bits per heavy atom. The summed E-state index contributed by atoms with van der Waals surface area (Å²) in [6.45, 7) is 6.69. The van der Waals surface area contributed by atoms with E-state index in [0.29, 0.717) is 5.56 Å². The molecule has 0 saturated heterocycles. The fourth-order valence-electron chi connectivity index (χ4n) is 3.27. The Balaban J connectivity index is 1.98. The Labute approximate surface area is 210 Å². The summed E-state index contributed by atoms with van der Waals surface area (Å²) in [5.41, 5.74) is -2.64. The first-order valence-corrected chi connectivity index (χ1v) is 12.9. The SMILES string of the molecule is Cc1cc(C2=NOC(c3cc(Cl)c(F)c(Cl)c3)(C(F)(F)F)C2)ccc1C(=O)N=S(C)(=O)C(C)(C)C. The Bertz CT molecular complexity index is 1340. The quantitative estimate of drug-likeness (QED) is 0.302. The molecule has 0 N–H and O–H groups in total. The molecular weight excluding hydrogens is 531 g/mol. The highest BCUT2D eigenvalue weighted by Crippen LogP contribution is 2.50. The molecule has 0 spiro atoms. The van der Waals surface area contributed by atoms with Gasteiger partial charge in [-0.05, 0) is 63.1 Å². The van der Waals surface area contributed by atoms with Crippen LogP contribution in [0.25, 0.3) is 0 Å². The molecule has 0 fully saturated rings. The van der Waals surface area contributed by atoms with Gasteiger partial charge in [-0.25, -0.2) is 8.60 Å². The van der Waals surface area contributed by atoms with Crippen LogP contribution in [0.4, 0.5) is 17.6 Å². The van der Waals surface area contributed by atoms with Crippen molar-refractivity contribution < 1.29 is 31.4 Å². The zero-order valence-corrected chi connectivity index (χ0v) is 21.7. The number of aryl methyl sites for hydroxylation is 1. The second-order valence-corrected chi connectivity index (χ2v) is 13.1. The zero-order chi connectivity index (χ0) is 26.6. The summed E-state index contributed by atoms with van der Waals surface area (Å²) in [6.07, 6.45) is -4.29. The summed E-state index contributed by atoms with van der Waals surface area (Å²) < 4.78 is 72.3. The lowest BCUT2D eigenvalue weighted by atomic mass is 9.86. The number of oxime groups is 1. The maximum absolute atomic E-state index is 14.2. The molecule has 3 rings (SSSR count). The molecule has 2 aromatic carbocycles. The molecule has 12 heteroatoms. The van der Waals surface area contributed by atoms with Crippen molar-refractivity contribution >= 4 is 44.5 Å². The first-order valence-electron chi connectivity index (χ1n) is 10.2. The lowest BCUT2D eigenvalue weighted by Crippen LogP contribution is -2.42. The van der Waals surface area contributed by atoms with Gasteiger partial charge >= 0.3 is 6.18 Å². The minimum atomic E-state index is -4.94. The summed E-state index contributed by atoms with van der Waals surface area (Å²) in [4.78, 5) is 17.6. The molecule has 1 heterocycles. The van der Waals surface area contributed by atoms with Crippen LogP contribution in [-0.2, 0) is 20.2 Å². The predicted octanol–water partition coefficient (Wildman–Crippen LogP) is 7.06. The van der Waals surface area contributed by atoms with Crippen LogP contribution in [0, 0.1) is 12.7 Å². The van der Waals surface area contributed by atoms with Gasteiger partial charge in [0, 0.05) is 28.6 Å². The van der Waals surface area contributed by atoms with E-state index >= 15 is 0 Å². The molecule has 5 nitrogen and oxygen atoms in total. The van der Waals surface area contributed by atoms with Crippen LogP contribution in [0.1, 0.15) is 54.2 Å². The van der Waals surface area contributed by atoms with Gasteiger partial charge in [-0.3, -0.25) is 4.79 Å². The summed E-state index contributed by atoms with van der Waals surface area (Å²) in [7, 11) is -2.85. The molecule has 0 aliphatic carbocycles. The Kier molecular flexibility index (Phi) is 7.09. The fraction of sp³-hybridized carbons (Fsp3) is 0.391. The lowest BCUT2D eigenvalue weighted by molar-refractivity contribution is -0.275. The molecule has 35 heavy (non-hydrogen) atoms. The summed E-state index contributed by atoms with van der Waals surface area (Å²) >= 11 is 11.4. The topological polar surface area (TPSA) is 68.1 Å². The summed E-state index contributed by atoms with van der Waals surface area (Å²) in [6, 6.07) is 5.87. The highest BCUT2D eigenvalue weighted by molar-refractivity contribution is 7.94. The fourth-order valence-corrected chi connectivity index (χ4v) is 4.45. The lowest BCUT2D eigenvalue weighted by Gasteiger charge is -2.29. The van der Waals surface area contributed by atoms with Gasteiger partial charge < -0.3 is 4.84 Å². The molecule has 1 aliphatic heterocycles. The normalized spacial score (nSPS) is 20.1. The van der Waals surface area contributed by atoms with Gasteiger partial charge in [0.1, 0.15) is 0 Å². The second-order valence-electron chi connectivity index (χ2n) is 9.23. The van der Waals surface area contributed by atoms with E-state index in [9.17, 15) is 26.6 Å². The van der Waals surface area contributed by atoms with Gasteiger partial charge in [0.2, 0.25) is 0 Å². The maximum atomic E-state index is 14.2. The molecule has 190 valence electrons. The van der Waals surface area contributed by atoms with Crippen LogP contribution in [0.2, 0.25) is 10.0 Å². The molecule has 0 radical (unpaired) electrons. The zero-order valence-electron chi connectivity index (χ0n) is 19.4. The van der Waals surface area contributed by atoms with E-state index in [2.05, 4.69) is 9.52 Å². The van der Waals surface area contributed by atoms with Gasteiger partial charge in [-0.1, -0.05) is 34.4 Å². The molecule has 0 aromatic heterocycles. The van der Waals surface area contributed by atoms with Crippen molar-refractivity contribution in [2.45, 2.75) is 50.6 Å². The van der Waals surface area contributed by atoms with E-state index in [1.165, 1.54) is 24.5 Å². The summed E-state index contributed by atoms with van der Waals surface area (Å²) in [5.74, 6) is -1.74. The first kappa shape index (κ1) is 27.4. The maximum Gasteiger partial charge on any atom is 0.435 e. The second kappa shape index (κ2) is 9.05. The number of carbonyl (C=O) groups excluding carboxylic acids is 1. The number of nitrogens with zero attached hydrogens (tertiary/aromatic N) is 2. The van der Waals surface area contributed by atoms with Crippen molar-refractivity contribution in [3.8, 4) is 0 Å². The molecule has 0 bridgehead atoms. The number of carbonyl (C=O) groups is 1. The van der Waals surface area contributed by atoms with Crippen molar-refractivity contribution in [2.75, 3.05) is 6.26 Å². The van der Waals surface area contributed by atoms with Gasteiger partial charge in [-0.2, -0.15) is 17.5 Å². The third-order valence-electron chi connectivity index (χ3n) is 5.82. The number of rotatable bonds is 3.